The number of amides is 1. The lowest BCUT2D eigenvalue weighted by Gasteiger charge is -2.36. The van der Waals surface area contributed by atoms with Gasteiger partial charge in [0.1, 0.15) is 5.15 Å². The number of halogens is 2. The van der Waals surface area contributed by atoms with E-state index in [0.717, 1.165) is 22.3 Å². The van der Waals surface area contributed by atoms with Gasteiger partial charge < -0.3 is 24.5 Å². The number of hydrogen-bond donors (Lipinski definition) is 2. The predicted molar refractivity (Wildman–Crippen MR) is 145 cm³/mol. The number of aliphatic hydroxyl groups is 1. The van der Waals surface area contributed by atoms with E-state index < -0.39 is 6.29 Å². The fraction of sp³-hybridized carbons (Fsp3) is 0.241. The fourth-order valence-electron chi connectivity index (χ4n) is 4.39. The lowest BCUT2D eigenvalue weighted by molar-refractivity contribution is -0.252. The third kappa shape index (κ3) is 6.26. The van der Waals surface area contributed by atoms with Crippen molar-refractivity contribution in [3.63, 3.8) is 0 Å². The van der Waals surface area contributed by atoms with Crippen LogP contribution in [0.15, 0.2) is 85.2 Å². The average molecular weight is 552 g/mol. The molecule has 3 atom stereocenters. The number of imidazole rings is 1. The molecule has 3 aromatic carbocycles. The van der Waals surface area contributed by atoms with Gasteiger partial charge >= 0.3 is 0 Å². The summed E-state index contributed by atoms with van der Waals surface area (Å²) in [6.45, 7) is 0.855. The molecule has 9 heteroatoms. The Morgan fingerprint density at radius 2 is 1.63 bits per heavy atom. The number of nitrogens with zero attached hydrogens (tertiary/aromatic N) is 2. The van der Waals surface area contributed by atoms with E-state index in [-0.39, 0.29) is 29.9 Å². The van der Waals surface area contributed by atoms with Crippen molar-refractivity contribution in [2.75, 3.05) is 0 Å². The van der Waals surface area contributed by atoms with Gasteiger partial charge in [0.25, 0.3) is 5.91 Å². The SMILES string of the molecule is O=C(NCc1ccc([C@H]2O[C@@H](Cn3cnc(Cl)c3Cl)C[C@@H](c3ccc(CO)cc3)O2)cc1)c1ccccc1. The minimum atomic E-state index is -0.609. The molecule has 0 spiro atoms. The maximum atomic E-state index is 12.4. The molecule has 7 nitrogen and oxygen atoms in total. The highest BCUT2D eigenvalue weighted by Gasteiger charge is 2.32. The van der Waals surface area contributed by atoms with Crippen LogP contribution in [0.1, 0.15) is 51.4 Å². The molecule has 38 heavy (non-hydrogen) atoms. The molecule has 0 bridgehead atoms. The zero-order valence-corrected chi connectivity index (χ0v) is 22.0. The van der Waals surface area contributed by atoms with Crippen molar-refractivity contribution in [2.45, 2.75) is 44.6 Å². The summed E-state index contributed by atoms with van der Waals surface area (Å²) in [7, 11) is 0. The molecule has 1 aliphatic rings. The molecule has 5 rings (SSSR count). The first-order valence-electron chi connectivity index (χ1n) is 12.3. The van der Waals surface area contributed by atoms with Crippen molar-refractivity contribution in [2.24, 2.45) is 0 Å². The van der Waals surface area contributed by atoms with E-state index in [0.29, 0.717) is 30.2 Å². The van der Waals surface area contributed by atoms with Crippen LogP contribution in [0.2, 0.25) is 10.3 Å². The molecule has 2 N–H and O–H groups in total. The highest BCUT2D eigenvalue weighted by Crippen LogP contribution is 2.39. The van der Waals surface area contributed by atoms with Crippen LogP contribution >= 0.6 is 23.2 Å². The summed E-state index contributed by atoms with van der Waals surface area (Å²) in [6, 6.07) is 24.6. The van der Waals surface area contributed by atoms with E-state index in [1.807, 2.05) is 66.7 Å². The quantitative estimate of drug-likeness (QED) is 0.286. The highest BCUT2D eigenvalue weighted by atomic mass is 35.5. The standard InChI is InChI=1S/C29H27Cl2N3O4/c30-26-27(31)34(18-33-26)16-24-14-25(21-10-8-20(17-35)9-11-21)38-29(37-24)23-12-6-19(7-13-23)15-32-28(36)22-4-2-1-3-5-22/h1-13,18,24-25,29,35H,14-17H2,(H,32,36)/t24-,25+,29+/m1/s1. The minimum absolute atomic E-state index is 0.0157. The molecule has 1 saturated heterocycles. The number of ether oxygens (including phenoxy) is 2. The van der Waals surface area contributed by atoms with Crippen LogP contribution in [0.4, 0.5) is 0 Å². The zero-order chi connectivity index (χ0) is 26.5. The molecule has 1 aromatic heterocycles. The van der Waals surface area contributed by atoms with Gasteiger partial charge in [-0.2, -0.15) is 0 Å². The molecule has 0 unspecified atom stereocenters. The van der Waals surface area contributed by atoms with E-state index in [2.05, 4.69) is 10.3 Å². The number of nitrogens with one attached hydrogen (secondary N) is 1. The molecule has 1 fully saturated rings. The molecule has 1 aliphatic heterocycles. The number of benzene rings is 3. The summed E-state index contributed by atoms with van der Waals surface area (Å²) >= 11 is 12.3. The van der Waals surface area contributed by atoms with Crippen molar-refractivity contribution < 1.29 is 19.4 Å². The minimum Gasteiger partial charge on any atom is -0.392 e. The van der Waals surface area contributed by atoms with Gasteiger partial charge in [-0.3, -0.25) is 4.79 Å². The maximum Gasteiger partial charge on any atom is 0.251 e. The third-order valence-electron chi connectivity index (χ3n) is 6.49. The topological polar surface area (TPSA) is 85.6 Å². The van der Waals surface area contributed by atoms with Crippen LogP contribution in [0.5, 0.6) is 0 Å². The molecule has 2 heterocycles. The molecule has 1 amide bonds. The Labute approximate surface area is 230 Å². The second-order valence-corrected chi connectivity index (χ2v) is 9.84. The molecule has 0 radical (unpaired) electrons. The van der Waals surface area contributed by atoms with Gasteiger partial charge in [0.15, 0.2) is 11.4 Å². The Morgan fingerprint density at radius 3 is 2.29 bits per heavy atom. The number of carbonyl (C=O) groups excluding carboxylic acids is 1. The first kappa shape index (κ1) is 26.4. The third-order valence-corrected chi connectivity index (χ3v) is 7.26. The van der Waals surface area contributed by atoms with Gasteiger partial charge in [0, 0.05) is 24.1 Å². The molecule has 0 saturated carbocycles. The number of hydrogen-bond acceptors (Lipinski definition) is 5. The van der Waals surface area contributed by atoms with Crippen molar-refractivity contribution >= 4 is 29.1 Å². The molecule has 4 aromatic rings. The molecule has 0 aliphatic carbocycles. The van der Waals surface area contributed by atoms with E-state index >= 15 is 0 Å². The maximum absolute atomic E-state index is 12.4. The Hall–Kier alpha value is -3.20. The van der Waals surface area contributed by atoms with E-state index in [9.17, 15) is 9.90 Å². The number of aromatic nitrogens is 2. The highest BCUT2D eigenvalue weighted by molar-refractivity contribution is 6.40. The van der Waals surface area contributed by atoms with Crippen molar-refractivity contribution in [3.8, 4) is 0 Å². The monoisotopic (exact) mass is 551 g/mol. The Morgan fingerprint density at radius 1 is 0.947 bits per heavy atom. The lowest BCUT2D eigenvalue weighted by atomic mass is 10.00. The summed E-state index contributed by atoms with van der Waals surface area (Å²) < 4.78 is 14.5. The average Bonchev–Trinajstić information content (AvgIpc) is 3.28. The summed E-state index contributed by atoms with van der Waals surface area (Å²) in [5.41, 5.74) is 4.27. The van der Waals surface area contributed by atoms with Gasteiger partial charge in [-0.25, -0.2) is 4.98 Å². The zero-order valence-electron chi connectivity index (χ0n) is 20.5. The summed E-state index contributed by atoms with van der Waals surface area (Å²) in [6.07, 6.45) is 1.15. The van der Waals surface area contributed by atoms with Crippen molar-refractivity contribution in [1.29, 1.82) is 0 Å². The summed E-state index contributed by atoms with van der Waals surface area (Å²) in [5.74, 6) is -0.121. The van der Waals surface area contributed by atoms with Gasteiger partial charge in [-0.15, -0.1) is 0 Å². The van der Waals surface area contributed by atoms with Crippen LogP contribution in [-0.2, 0) is 29.2 Å². The predicted octanol–water partition coefficient (Wildman–Crippen LogP) is 5.86. The van der Waals surface area contributed by atoms with Crippen LogP contribution < -0.4 is 5.32 Å². The van der Waals surface area contributed by atoms with Gasteiger partial charge in [0.05, 0.1) is 31.7 Å². The number of carbonyl (C=O) groups is 1. The van der Waals surface area contributed by atoms with E-state index in [4.69, 9.17) is 32.7 Å². The first-order valence-corrected chi connectivity index (χ1v) is 13.0. The number of rotatable bonds is 8. The lowest BCUT2D eigenvalue weighted by Crippen LogP contribution is -2.32. The molecular weight excluding hydrogens is 525 g/mol. The number of aliphatic hydroxyl groups excluding tert-OH is 1. The fourth-order valence-corrected chi connectivity index (χ4v) is 4.70. The van der Waals surface area contributed by atoms with E-state index in [1.54, 1.807) is 23.0 Å². The van der Waals surface area contributed by atoms with Crippen LogP contribution in [0.3, 0.4) is 0 Å². The smallest absolute Gasteiger partial charge is 0.251 e. The first-order chi connectivity index (χ1) is 18.5. The van der Waals surface area contributed by atoms with Crippen LogP contribution in [-0.4, -0.2) is 26.7 Å². The largest absolute Gasteiger partial charge is 0.392 e. The van der Waals surface area contributed by atoms with Gasteiger partial charge in [0.2, 0.25) is 0 Å². The summed E-state index contributed by atoms with van der Waals surface area (Å²) in [5, 5.41) is 13.0. The van der Waals surface area contributed by atoms with Crippen LogP contribution in [0, 0.1) is 0 Å². The molecular formula is C29H27Cl2N3O4. The Bertz CT molecular complexity index is 1360. The summed E-state index contributed by atoms with van der Waals surface area (Å²) in [4.78, 5) is 16.4. The van der Waals surface area contributed by atoms with Crippen molar-refractivity contribution in [3.05, 3.63) is 123 Å². The second-order valence-electron chi connectivity index (χ2n) is 9.12. The van der Waals surface area contributed by atoms with Gasteiger partial charge in [-0.05, 0) is 28.8 Å². The Balaban J connectivity index is 1.30. The second kappa shape index (κ2) is 12.1. The van der Waals surface area contributed by atoms with Crippen LogP contribution in [0.25, 0.3) is 0 Å². The van der Waals surface area contributed by atoms with Crippen molar-refractivity contribution in [1.82, 2.24) is 14.9 Å². The normalized spacial score (nSPS) is 19.3. The Kier molecular flexibility index (Phi) is 8.42. The molecule has 196 valence electrons. The van der Waals surface area contributed by atoms with Gasteiger partial charge in [-0.1, -0.05) is 89.9 Å². The van der Waals surface area contributed by atoms with E-state index in [1.165, 1.54) is 0 Å².